The molecule has 2 heterocycles. The first kappa shape index (κ1) is 15.9. The monoisotopic (exact) mass is 312 g/mol. The van der Waals surface area contributed by atoms with Gasteiger partial charge in [-0.05, 0) is 62.0 Å². The highest BCUT2D eigenvalue weighted by atomic mass is 15.2. The van der Waals surface area contributed by atoms with Crippen molar-refractivity contribution in [3.63, 3.8) is 0 Å². The van der Waals surface area contributed by atoms with E-state index in [2.05, 4.69) is 65.3 Å². The molecule has 1 fully saturated rings. The number of aryl methyl sites for hydroxylation is 1. The van der Waals surface area contributed by atoms with Crippen molar-refractivity contribution >= 4 is 10.9 Å². The summed E-state index contributed by atoms with van der Waals surface area (Å²) in [6.45, 7) is 9.36. The molecule has 1 unspecified atom stereocenters. The van der Waals surface area contributed by atoms with Gasteiger partial charge in [0.2, 0.25) is 0 Å². The maximum atomic E-state index is 4.12. The Morgan fingerprint density at radius 2 is 2.26 bits per heavy atom. The molecule has 0 radical (unpaired) electrons. The molecule has 4 heteroatoms. The molecule has 2 aromatic rings. The zero-order valence-electron chi connectivity index (χ0n) is 14.3. The van der Waals surface area contributed by atoms with Gasteiger partial charge in [-0.25, -0.2) is 0 Å². The minimum absolute atomic E-state index is 0.503. The lowest BCUT2D eigenvalue weighted by atomic mass is 10.1. The third kappa shape index (κ3) is 4.08. The smallest absolute Gasteiger partial charge is 0.0918 e. The van der Waals surface area contributed by atoms with Crippen LogP contribution in [0.4, 0.5) is 0 Å². The van der Waals surface area contributed by atoms with Crippen molar-refractivity contribution in [1.29, 1.82) is 0 Å². The van der Waals surface area contributed by atoms with Crippen LogP contribution in [0.5, 0.6) is 0 Å². The van der Waals surface area contributed by atoms with E-state index in [0.29, 0.717) is 6.04 Å². The quantitative estimate of drug-likeness (QED) is 0.768. The van der Waals surface area contributed by atoms with Crippen LogP contribution in [0.3, 0.4) is 0 Å². The van der Waals surface area contributed by atoms with Gasteiger partial charge in [-0.2, -0.15) is 0 Å². The van der Waals surface area contributed by atoms with Crippen LogP contribution in [0.25, 0.3) is 10.9 Å². The summed E-state index contributed by atoms with van der Waals surface area (Å²) < 4.78 is 0. The summed E-state index contributed by atoms with van der Waals surface area (Å²) in [5, 5.41) is 8.19. The van der Waals surface area contributed by atoms with E-state index in [4.69, 9.17) is 0 Å². The number of aromatic nitrogens is 1. The van der Waals surface area contributed by atoms with Crippen molar-refractivity contribution in [3.05, 3.63) is 47.9 Å². The number of hydrogen-bond donors (Lipinski definition) is 3. The molecule has 0 saturated carbocycles. The molecule has 23 heavy (non-hydrogen) atoms. The molecular weight excluding hydrogens is 284 g/mol. The fourth-order valence-electron chi connectivity index (χ4n) is 3.34. The summed E-state index contributed by atoms with van der Waals surface area (Å²) in [5.74, 6) is 0.915. The molecule has 0 aliphatic carbocycles. The molecule has 4 nitrogen and oxygen atoms in total. The predicted molar refractivity (Wildman–Crippen MR) is 97.3 cm³/mol. The Morgan fingerprint density at radius 1 is 1.39 bits per heavy atom. The number of H-pyrrole nitrogens is 1. The number of nitrogens with zero attached hydrogens (tertiary/aromatic N) is 1. The maximum Gasteiger partial charge on any atom is 0.0918 e. The van der Waals surface area contributed by atoms with E-state index in [1.165, 1.54) is 41.5 Å². The molecule has 1 aromatic heterocycles. The van der Waals surface area contributed by atoms with E-state index >= 15 is 0 Å². The third-order valence-corrected chi connectivity index (χ3v) is 4.64. The normalized spacial score (nSPS) is 19.0. The van der Waals surface area contributed by atoms with Gasteiger partial charge in [-0.15, -0.1) is 0 Å². The fourth-order valence-corrected chi connectivity index (χ4v) is 3.34. The number of hydrogen-bond acceptors (Lipinski definition) is 3. The van der Waals surface area contributed by atoms with Gasteiger partial charge >= 0.3 is 0 Å². The third-order valence-electron chi connectivity index (χ3n) is 4.64. The topological polar surface area (TPSA) is 43.1 Å². The largest absolute Gasteiger partial charge is 0.368 e. The second kappa shape index (κ2) is 7.09. The summed E-state index contributed by atoms with van der Waals surface area (Å²) in [6.07, 6.45) is 3.55. The van der Waals surface area contributed by atoms with Crippen LogP contribution in [-0.2, 0) is 13.0 Å². The van der Waals surface area contributed by atoms with E-state index in [1.807, 2.05) is 0 Å². The molecule has 124 valence electrons. The Kier molecular flexibility index (Phi) is 4.91. The number of rotatable bonds is 6. The lowest BCUT2D eigenvalue weighted by molar-refractivity contribution is 0.233. The number of benzene rings is 1. The first-order valence-corrected chi connectivity index (χ1v) is 8.62. The molecule has 1 saturated heterocycles. The van der Waals surface area contributed by atoms with Crippen LogP contribution >= 0.6 is 0 Å². The molecule has 1 aliphatic heterocycles. The van der Waals surface area contributed by atoms with Crippen molar-refractivity contribution in [1.82, 2.24) is 20.5 Å². The van der Waals surface area contributed by atoms with E-state index < -0.39 is 0 Å². The van der Waals surface area contributed by atoms with Crippen LogP contribution in [0, 0.1) is 0 Å². The van der Waals surface area contributed by atoms with E-state index in [0.717, 1.165) is 25.3 Å². The zero-order chi connectivity index (χ0) is 16.2. The number of aromatic amines is 1. The van der Waals surface area contributed by atoms with Gasteiger partial charge in [0.05, 0.1) is 12.4 Å². The van der Waals surface area contributed by atoms with E-state index in [-0.39, 0.29) is 0 Å². The van der Waals surface area contributed by atoms with Gasteiger partial charge in [0.1, 0.15) is 0 Å². The molecular formula is C19H28N4. The highest BCUT2D eigenvalue weighted by molar-refractivity contribution is 5.81. The average Bonchev–Trinajstić information content (AvgIpc) is 2.94. The van der Waals surface area contributed by atoms with Crippen LogP contribution in [0.1, 0.15) is 31.0 Å². The molecule has 3 N–H and O–H groups in total. The van der Waals surface area contributed by atoms with Gasteiger partial charge in [0, 0.05) is 23.8 Å². The molecule has 3 rings (SSSR count). The number of likely N-dealkylation sites (tertiary alicyclic amines) is 1. The Bertz CT molecular complexity index is 673. The number of piperidine rings is 1. The highest BCUT2D eigenvalue weighted by Crippen LogP contribution is 2.18. The minimum atomic E-state index is 0.503. The standard InChI is InChI=1S/C19H28N4/c1-4-15-7-8-19-16(10-15)11-18(22-19)12-20-14(2)21-17-6-5-9-23(3)13-17/h7-8,10-11,17,20-22H,2,4-6,9,12-13H2,1,3H3. The highest BCUT2D eigenvalue weighted by Gasteiger charge is 2.16. The molecule has 1 aromatic carbocycles. The maximum absolute atomic E-state index is 4.12. The van der Waals surface area contributed by atoms with Crippen molar-refractivity contribution < 1.29 is 0 Å². The first-order chi connectivity index (χ1) is 11.1. The SMILES string of the molecule is C=C(NCc1cc2cc(CC)ccc2[nH]1)NC1CCCN(C)C1. The van der Waals surface area contributed by atoms with Gasteiger partial charge in [-0.1, -0.05) is 19.6 Å². The fraction of sp³-hybridized carbons (Fsp3) is 0.474. The van der Waals surface area contributed by atoms with Crippen LogP contribution < -0.4 is 10.6 Å². The van der Waals surface area contributed by atoms with E-state index in [9.17, 15) is 0 Å². The van der Waals surface area contributed by atoms with Crippen LogP contribution in [0.15, 0.2) is 36.7 Å². The van der Waals surface area contributed by atoms with Gasteiger partial charge in [0.25, 0.3) is 0 Å². The van der Waals surface area contributed by atoms with Crippen molar-refractivity contribution in [2.45, 2.75) is 38.8 Å². The minimum Gasteiger partial charge on any atom is -0.368 e. The van der Waals surface area contributed by atoms with Crippen LogP contribution in [0.2, 0.25) is 0 Å². The molecule has 0 bridgehead atoms. The number of likely N-dealkylation sites (N-methyl/N-ethyl adjacent to an activating group) is 1. The lowest BCUT2D eigenvalue weighted by Crippen LogP contribution is -2.45. The van der Waals surface area contributed by atoms with Crippen molar-refractivity contribution in [2.75, 3.05) is 20.1 Å². The van der Waals surface area contributed by atoms with Gasteiger partial charge in [-0.3, -0.25) is 0 Å². The Balaban J connectivity index is 1.54. The van der Waals surface area contributed by atoms with E-state index in [1.54, 1.807) is 0 Å². The number of fused-ring (bicyclic) bond motifs is 1. The molecule has 1 aliphatic rings. The Morgan fingerprint density at radius 3 is 3.04 bits per heavy atom. The second-order valence-corrected chi connectivity index (χ2v) is 6.65. The predicted octanol–water partition coefficient (Wildman–Crippen LogP) is 2.97. The lowest BCUT2D eigenvalue weighted by Gasteiger charge is -2.31. The molecule has 0 spiro atoms. The zero-order valence-corrected chi connectivity index (χ0v) is 14.3. The van der Waals surface area contributed by atoms with Crippen LogP contribution in [-0.4, -0.2) is 36.1 Å². The Hall–Kier alpha value is -1.94. The first-order valence-electron chi connectivity index (χ1n) is 8.62. The summed E-state index contributed by atoms with van der Waals surface area (Å²) in [6, 6.07) is 9.35. The Labute approximate surface area is 139 Å². The van der Waals surface area contributed by atoms with Gasteiger partial charge < -0.3 is 20.5 Å². The summed E-state index contributed by atoms with van der Waals surface area (Å²) in [4.78, 5) is 5.85. The summed E-state index contributed by atoms with van der Waals surface area (Å²) >= 11 is 0. The van der Waals surface area contributed by atoms with Gasteiger partial charge in [0.15, 0.2) is 0 Å². The van der Waals surface area contributed by atoms with Crippen molar-refractivity contribution in [2.24, 2.45) is 0 Å². The number of nitrogens with one attached hydrogen (secondary N) is 3. The average molecular weight is 312 g/mol. The molecule has 0 amide bonds. The summed E-state index contributed by atoms with van der Waals surface area (Å²) in [7, 11) is 2.18. The molecule has 1 atom stereocenters. The summed E-state index contributed by atoms with van der Waals surface area (Å²) in [5.41, 5.74) is 3.77. The second-order valence-electron chi connectivity index (χ2n) is 6.65. The van der Waals surface area contributed by atoms with Crippen molar-refractivity contribution in [3.8, 4) is 0 Å².